The van der Waals surface area contributed by atoms with Crippen LogP contribution >= 0.6 is 34.8 Å². The van der Waals surface area contributed by atoms with E-state index >= 15 is 0 Å². The van der Waals surface area contributed by atoms with Crippen molar-refractivity contribution in [2.24, 2.45) is 0 Å². The summed E-state index contributed by atoms with van der Waals surface area (Å²) in [6, 6.07) is 12.7. The summed E-state index contributed by atoms with van der Waals surface area (Å²) < 4.78 is 0. The molecule has 1 saturated heterocycles. The van der Waals surface area contributed by atoms with Gasteiger partial charge in [-0.2, -0.15) is 0 Å². The molecule has 0 aliphatic carbocycles. The van der Waals surface area contributed by atoms with Gasteiger partial charge in [-0.1, -0.05) is 53.0 Å². The maximum Gasteiger partial charge on any atom is 0.270 e. The molecule has 2 aromatic carbocycles. The first-order valence-electron chi connectivity index (χ1n) is 9.44. The molecule has 3 aromatic rings. The summed E-state index contributed by atoms with van der Waals surface area (Å²) in [4.78, 5) is 32.2. The lowest BCUT2D eigenvalue weighted by molar-refractivity contribution is -0.117. The third-order valence-electron chi connectivity index (χ3n) is 5.07. The Hall–Kier alpha value is -2.25. The molecule has 9 heteroatoms. The number of nitrogens with zero attached hydrogens (tertiary/aromatic N) is 2. The second-order valence-electron chi connectivity index (χ2n) is 7.13. The van der Waals surface area contributed by atoms with E-state index in [9.17, 15) is 9.59 Å². The van der Waals surface area contributed by atoms with E-state index in [1.165, 1.54) is 12.1 Å². The largest absolute Gasteiger partial charge is 0.351 e. The monoisotopic (exact) mass is 464 g/mol. The van der Waals surface area contributed by atoms with Crippen LogP contribution in [-0.4, -0.2) is 59.3 Å². The van der Waals surface area contributed by atoms with Gasteiger partial charge in [-0.25, -0.2) is 0 Å². The highest BCUT2D eigenvalue weighted by Gasteiger charge is 2.24. The minimum atomic E-state index is -0.203. The van der Waals surface area contributed by atoms with Gasteiger partial charge >= 0.3 is 0 Å². The third-order valence-corrected chi connectivity index (χ3v) is 6.11. The van der Waals surface area contributed by atoms with Crippen molar-refractivity contribution in [2.75, 3.05) is 38.0 Å². The number of carbonyl (C=O) groups is 2. The number of amides is 2. The normalized spacial score (nSPS) is 14.8. The number of piperazine rings is 1. The van der Waals surface area contributed by atoms with Gasteiger partial charge in [0, 0.05) is 37.1 Å². The summed E-state index contributed by atoms with van der Waals surface area (Å²) in [5.74, 6) is -0.233. The van der Waals surface area contributed by atoms with E-state index in [0.29, 0.717) is 52.6 Å². The molecule has 2 heterocycles. The number of hydrogen-bond acceptors (Lipinski definition) is 3. The van der Waals surface area contributed by atoms with Crippen LogP contribution < -0.4 is 5.32 Å². The smallest absolute Gasteiger partial charge is 0.270 e. The van der Waals surface area contributed by atoms with Gasteiger partial charge in [0.2, 0.25) is 5.91 Å². The number of rotatable bonds is 4. The highest BCUT2D eigenvalue weighted by Crippen LogP contribution is 2.32. The molecular weight excluding hydrogens is 447 g/mol. The number of carbonyl (C=O) groups excluding carboxylic acids is 2. The summed E-state index contributed by atoms with van der Waals surface area (Å²) in [6.45, 7) is 2.51. The minimum absolute atomic E-state index is 0.0297. The van der Waals surface area contributed by atoms with Crippen LogP contribution in [0.15, 0.2) is 42.5 Å². The molecule has 0 unspecified atom stereocenters. The summed E-state index contributed by atoms with van der Waals surface area (Å²) in [6.07, 6.45) is 0. The highest BCUT2D eigenvalue weighted by atomic mass is 35.5. The fourth-order valence-corrected chi connectivity index (χ4v) is 4.07. The summed E-state index contributed by atoms with van der Waals surface area (Å²) in [5.41, 5.74) is 1.94. The average molecular weight is 466 g/mol. The maximum atomic E-state index is 12.8. The van der Waals surface area contributed by atoms with E-state index in [1.54, 1.807) is 4.90 Å². The molecule has 6 nitrogen and oxygen atoms in total. The number of H-pyrrole nitrogens is 1. The van der Waals surface area contributed by atoms with Gasteiger partial charge in [0.1, 0.15) is 5.69 Å². The second kappa shape index (κ2) is 8.86. The van der Waals surface area contributed by atoms with Gasteiger partial charge in [0.15, 0.2) is 0 Å². The van der Waals surface area contributed by atoms with Gasteiger partial charge in [-0.15, -0.1) is 0 Å². The number of fused-ring (bicyclic) bond motifs is 1. The Labute approximate surface area is 188 Å². The molecular formula is C21H19Cl3N4O2. The van der Waals surface area contributed by atoms with Gasteiger partial charge < -0.3 is 15.2 Å². The fourth-order valence-electron chi connectivity index (χ4n) is 3.48. The zero-order valence-corrected chi connectivity index (χ0v) is 18.2. The van der Waals surface area contributed by atoms with E-state index in [2.05, 4.69) is 10.3 Å². The molecule has 1 aromatic heterocycles. The molecule has 0 bridgehead atoms. The Bertz CT molecular complexity index is 1070. The average Bonchev–Trinajstić information content (AvgIpc) is 3.16. The number of nitrogens with one attached hydrogen (secondary N) is 2. The second-order valence-corrected chi connectivity index (χ2v) is 8.35. The van der Waals surface area contributed by atoms with Gasteiger partial charge in [0.25, 0.3) is 5.91 Å². The Morgan fingerprint density at radius 3 is 2.37 bits per heavy atom. The van der Waals surface area contributed by atoms with E-state index < -0.39 is 0 Å². The molecule has 156 valence electrons. The predicted octanol–water partition coefficient (Wildman–Crippen LogP) is 4.52. The van der Waals surface area contributed by atoms with E-state index in [4.69, 9.17) is 34.8 Å². The van der Waals surface area contributed by atoms with Crippen LogP contribution in [0, 0.1) is 0 Å². The summed E-state index contributed by atoms with van der Waals surface area (Å²) in [7, 11) is 0. The first-order chi connectivity index (χ1) is 14.4. The van der Waals surface area contributed by atoms with Crippen molar-refractivity contribution in [1.82, 2.24) is 14.8 Å². The topological polar surface area (TPSA) is 68.4 Å². The van der Waals surface area contributed by atoms with Crippen molar-refractivity contribution in [3.8, 4) is 0 Å². The van der Waals surface area contributed by atoms with E-state index in [0.717, 1.165) is 10.9 Å². The molecule has 0 spiro atoms. The van der Waals surface area contributed by atoms with Crippen LogP contribution in [0.25, 0.3) is 10.9 Å². The molecule has 1 fully saturated rings. The third kappa shape index (κ3) is 4.57. The number of benzene rings is 2. The quantitative estimate of drug-likeness (QED) is 0.557. The first kappa shape index (κ1) is 21.0. The SMILES string of the molecule is O=C(CN1CCN(C(=O)c2cc3ccccc3[nH]2)CC1)Nc1cc(Cl)c(Cl)cc1Cl. The Morgan fingerprint density at radius 1 is 0.933 bits per heavy atom. The lowest BCUT2D eigenvalue weighted by Gasteiger charge is -2.34. The molecule has 2 N–H and O–H groups in total. The molecule has 0 saturated carbocycles. The van der Waals surface area contributed by atoms with Crippen LogP contribution in [0.5, 0.6) is 0 Å². The lowest BCUT2D eigenvalue weighted by atomic mass is 10.2. The Morgan fingerprint density at radius 2 is 1.63 bits per heavy atom. The summed E-state index contributed by atoms with van der Waals surface area (Å²) in [5, 5.41) is 4.74. The van der Waals surface area contributed by atoms with Crippen molar-refractivity contribution < 1.29 is 9.59 Å². The van der Waals surface area contributed by atoms with Crippen LogP contribution in [0.4, 0.5) is 5.69 Å². The standard InChI is InChI=1S/C21H19Cl3N4O2/c22-14-10-16(24)18(11-15(14)23)26-20(29)12-27-5-7-28(8-6-27)21(30)19-9-13-3-1-2-4-17(13)25-19/h1-4,9-11,25H,5-8,12H2,(H,26,29). The van der Waals surface area contributed by atoms with Gasteiger partial charge in [-0.3, -0.25) is 14.5 Å². The van der Waals surface area contributed by atoms with Crippen molar-refractivity contribution in [3.05, 3.63) is 63.2 Å². The molecule has 2 amide bonds. The van der Waals surface area contributed by atoms with Gasteiger partial charge in [0.05, 0.1) is 27.3 Å². The molecule has 30 heavy (non-hydrogen) atoms. The van der Waals surface area contributed by atoms with Crippen molar-refractivity contribution >= 4 is 63.2 Å². The molecule has 0 radical (unpaired) electrons. The molecule has 1 aliphatic heterocycles. The Kier molecular flexibility index (Phi) is 6.20. The number of hydrogen-bond donors (Lipinski definition) is 2. The zero-order valence-electron chi connectivity index (χ0n) is 15.9. The van der Waals surface area contributed by atoms with Crippen LogP contribution in [0.1, 0.15) is 10.5 Å². The number of aromatic nitrogens is 1. The lowest BCUT2D eigenvalue weighted by Crippen LogP contribution is -2.50. The van der Waals surface area contributed by atoms with Crippen molar-refractivity contribution in [1.29, 1.82) is 0 Å². The first-order valence-corrected chi connectivity index (χ1v) is 10.6. The van der Waals surface area contributed by atoms with Crippen molar-refractivity contribution in [3.63, 3.8) is 0 Å². The van der Waals surface area contributed by atoms with Crippen LogP contribution in [-0.2, 0) is 4.79 Å². The van der Waals surface area contributed by atoms with E-state index in [1.807, 2.05) is 35.2 Å². The van der Waals surface area contributed by atoms with Crippen molar-refractivity contribution in [2.45, 2.75) is 0 Å². The van der Waals surface area contributed by atoms with E-state index in [-0.39, 0.29) is 18.4 Å². The molecule has 1 aliphatic rings. The predicted molar refractivity (Wildman–Crippen MR) is 121 cm³/mol. The van der Waals surface area contributed by atoms with Crippen LogP contribution in [0.3, 0.4) is 0 Å². The molecule has 0 atom stereocenters. The minimum Gasteiger partial charge on any atom is -0.351 e. The number of anilines is 1. The Balaban J connectivity index is 1.31. The maximum absolute atomic E-state index is 12.8. The molecule has 4 rings (SSSR count). The zero-order chi connectivity index (χ0) is 21.3. The number of halogens is 3. The fraction of sp³-hybridized carbons (Fsp3) is 0.238. The van der Waals surface area contributed by atoms with Gasteiger partial charge in [-0.05, 0) is 24.3 Å². The number of para-hydroxylation sites is 1. The van der Waals surface area contributed by atoms with Crippen LogP contribution in [0.2, 0.25) is 15.1 Å². The number of aromatic amines is 1. The summed E-state index contributed by atoms with van der Waals surface area (Å²) >= 11 is 18.0. The highest BCUT2D eigenvalue weighted by molar-refractivity contribution is 6.44.